The number of rotatable bonds is 16. The van der Waals surface area contributed by atoms with Crippen LogP contribution in [0.4, 0.5) is 0 Å². The molecule has 2 aliphatic heterocycles. The fourth-order valence-electron chi connectivity index (χ4n) is 9.73. The van der Waals surface area contributed by atoms with Crippen LogP contribution in [0, 0.1) is 25.7 Å². The van der Waals surface area contributed by atoms with Crippen molar-refractivity contribution in [2.45, 2.75) is 109 Å². The van der Waals surface area contributed by atoms with E-state index in [9.17, 15) is 0 Å². The highest BCUT2D eigenvalue weighted by Crippen LogP contribution is 2.58. The standard InChI is InChI=1S/C50H64O4S/c1-33(2)18-21-38-28-40(26-36(5)49(38)54-32-42-30-52-42)50(46-16-10-8-14-44(46)45-15-9-11-17-47(45)50)39-25-35(4)48(53-31-41-29-51-41)37(27-39)13-12-24-55(6,7)43-22-19-34(3)20-23-43/h8-11,14-17,25-28,33-34,41-43H,12-13,18-24,29-32H2,1-7H3. The molecular formula is C50H64O4S. The van der Waals surface area contributed by atoms with E-state index in [2.05, 4.69) is 120 Å². The minimum atomic E-state index is -0.689. The van der Waals surface area contributed by atoms with E-state index in [0.717, 1.165) is 55.1 Å². The maximum Gasteiger partial charge on any atom is 0.125 e. The first-order valence-corrected chi connectivity index (χ1v) is 23.9. The van der Waals surface area contributed by atoms with E-state index in [-0.39, 0.29) is 12.2 Å². The zero-order valence-electron chi connectivity index (χ0n) is 34.5. The van der Waals surface area contributed by atoms with Crippen molar-refractivity contribution in [3.63, 3.8) is 0 Å². The second-order valence-corrected chi connectivity index (χ2v) is 22.5. The quantitative estimate of drug-likeness (QED) is 0.0940. The van der Waals surface area contributed by atoms with Gasteiger partial charge >= 0.3 is 0 Å². The molecule has 0 bridgehead atoms. The third-order valence-electron chi connectivity index (χ3n) is 13.1. The van der Waals surface area contributed by atoms with Gasteiger partial charge in [-0.15, -0.1) is 0 Å². The number of fused-ring (bicyclic) bond motifs is 3. The Kier molecular flexibility index (Phi) is 11.2. The van der Waals surface area contributed by atoms with Crippen molar-refractivity contribution in [2.75, 3.05) is 44.7 Å². The van der Waals surface area contributed by atoms with Gasteiger partial charge in [0.15, 0.2) is 0 Å². The monoisotopic (exact) mass is 760 g/mol. The van der Waals surface area contributed by atoms with E-state index >= 15 is 0 Å². The molecule has 0 radical (unpaired) electrons. The van der Waals surface area contributed by atoms with E-state index in [0.29, 0.717) is 19.1 Å². The average Bonchev–Trinajstić information content (AvgIpc) is 4.11. The molecule has 4 aromatic carbocycles. The van der Waals surface area contributed by atoms with Crippen molar-refractivity contribution >= 4 is 10.0 Å². The van der Waals surface area contributed by atoms with Gasteiger partial charge in [-0.05, 0) is 156 Å². The Labute approximate surface area is 333 Å². The summed E-state index contributed by atoms with van der Waals surface area (Å²) in [4.78, 5) is 0. The highest BCUT2D eigenvalue weighted by Gasteiger charge is 2.47. The second-order valence-electron chi connectivity index (χ2n) is 18.2. The molecule has 5 heteroatoms. The lowest BCUT2D eigenvalue weighted by Crippen LogP contribution is -2.29. The predicted octanol–water partition coefficient (Wildman–Crippen LogP) is 11.4. The predicted molar refractivity (Wildman–Crippen MR) is 231 cm³/mol. The van der Waals surface area contributed by atoms with Gasteiger partial charge < -0.3 is 18.9 Å². The van der Waals surface area contributed by atoms with Crippen LogP contribution in [0.15, 0.2) is 72.8 Å². The Hall–Kier alpha value is -3.25. The molecule has 0 aromatic heterocycles. The lowest BCUT2D eigenvalue weighted by atomic mass is 9.66. The summed E-state index contributed by atoms with van der Waals surface area (Å²) in [5, 5.41) is 0.895. The Bertz CT molecular complexity index is 1930. The molecule has 0 N–H and O–H groups in total. The fourth-order valence-corrected chi connectivity index (χ4v) is 12.5. The minimum absolute atomic E-state index is 0.211. The topological polar surface area (TPSA) is 43.5 Å². The van der Waals surface area contributed by atoms with Gasteiger partial charge in [-0.2, -0.15) is 0 Å². The summed E-state index contributed by atoms with van der Waals surface area (Å²) in [7, 11) is -0.689. The van der Waals surface area contributed by atoms with Crippen molar-refractivity contribution in [1.82, 2.24) is 0 Å². The molecule has 1 saturated carbocycles. The molecule has 294 valence electrons. The number of aryl methyl sites for hydroxylation is 4. The normalized spacial score (nSPS) is 22.6. The summed E-state index contributed by atoms with van der Waals surface area (Å²) >= 11 is 0. The molecule has 2 aliphatic carbocycles. The van der Waals surface area contributed by atoms with Crippen LogP contribution < -0.4 is 9.47 Å². The average molecular weight is 761 g/mol. The first kappa shape index (κ1) is 38.6. The largest absolute Gasteiger partial charge is 0.490 e. The van der Waals surface area contributed by atoms with Crippen LogP contribution in [0.1, 0.15) is 104 Å². The molecule has 3 fully saturated rings. The molecule has 8 rings (SSSR count). The molecule has 2 unspecified atom stereocenters. The summed E-state index contributed by atoms with van der Waals surface area (Å²) in [6, 6.07) is 28.2. The SMILES string of the molecule is Cc1cc(C2(c3cc(C)c(OCC4CO4)c(CCC(C)C)c3)c3ccccc3-c3ccccc32)cc(CCCS(C)(C)C2CCC(C)CC2)c1OCC1CO1. The number of epoxide rings is 2. The van der Waals surface area contributed by atoms with E-state index in [1.807, 2.05) is 0 Å². The molecule has 55 heavy (non-hydrogen) atoms. The van der Waals surface area contributed by atoms with Crippen LogP contribution in [0.25, 0.3) is 11.1 Å². The van der Waals surface area contributed by atoms with E-state index < -0.39 is 15.4 Å². The van der Waals surface area contributed by atoms with E-state index in [1.54, 1.807) is 0 Å². The van der Waals surface area contributed by atoms with Crippen LogP contribution in [0.5, 0.6) is 11.5 Å². The zero-order chi connectivity index (χ0) is 38.3. The Morgan fingerprint density at radius 3 is 1.69 bits per heavy atom. The number of ether oxygens (including phenoxy) is 4. The minimum Gasteiger partial charge on any atom is -0.490 e. The van der Waals surface area contributed by atoms with Gasteiger partial charge in [0.2, 0.25) is 0 Å². The number of benzene rings is 4. The third-order valence-corrected chi connectivity index (χ3v) is 16.7. The van der Waals surface area contributed by atoms with Crippen molar-refractivity contribution < 1.29 is 18.9 Å². The molecule has 0 amide bonds. The Balaban J connectivity index is 1.26. The van der Waals surface area contributed by atoms with Gasteiger partial charge in [0.1, 0.15) is 36.9 Å². The molecule has 2 saturated heterocycles. The Morgan fingerprint density at radius 1 is 0.709 bits per heavy atom. The fraction of sp³-hybridized carbons (Fsp3) is 0.520. The van der Waals surface area contributed by atoms with Gasteiger partial charge in [-0.3, -0.25) is 0 Å². The highest BCUT2D eigenvalue weighted by molar-refractivity contribution is 8.33. The van der Waals surface area contributed by atoms with Gasteiger partial charge in [-0.1, -0.05) is 93.6 Å². The first-order chi connectivity index (χ1) is 26.5. The Morgan fingerprint density at radius 2 is 1.20 bits per heavy atom. The number of hydrogen-bond donors (Lipinski definition) is 0. The van der Waals surface area contributed by atoms with Gasteiger partial charge in [0, 0.05) is 0 Å². The van der Waals surface area contributed by atoms with Crippen molar-refractivity contribution in [3.05, 3.63) is 117 Å². The zero-order valence-corrected chi connectivity index (χ0v) is 35.4. The van der Waals surface area contributed by atoms with Crippen LogP contribution in [0.3, 0.4) is 0 Å². The molecule has 0 spiro atoms. The van der Waals surface area contributed by atoms with Crippen LogP contribution >= 0.6 is 10.0 Å². The van der Waals surface area contributed by atoms with Crippen LogP contribution in [0.2, 0.25) is 0 Å². The van der Waals surface area contributed by atoms with Gasteiger partial charge in [0.05, 0.1) is 18.6 Å². The van der Waals surface area contributed by atoms with Crippen LogP contribution in [-0.2, 0) is 27.7 Å². The molecular weight excluding hydrogens is 697 g/mol. The summed E-state index contributed by atoms with van der Waals surface area (Å²) in [6.45, 7) is 14.4. The van der Waals surface area contributed by atoms with Crippen molar-refractivity contribution in [2.24, 2.45) is 11.8 Å². The lowest BCUT2D eigenvalue weighted by Gasteiger charge is -2.43. The maximum atomic E-state index is 6.71. The number of hydrogen-bond acceptors (Lipinski definition) is 4. The molecule has 2 heterocycles. The van der Waals surface area contributed by atoms with Gasteiger partial charge in [0.25, 0.3) is 0 Å². The molecule has 4 aliphatic rings. The second kappa shape index (κ2) is 15.9. The summed E-state index contributed by atoms with van der Waals surface area (Å²) in [5.74, 6) is 4.89. The van der Waals surface area contributed by atoms with Gasteiger partial charge in [-0.25, -0.2) is 10.0 Å². The highest BCUT2D eigenvalue weighted by atomic mass is 32.3. The maximum absolute atomic E-state index is 6.71. The molecule has 4 aromatic rings. The van der Waals surface area contributed by atoms with Crippen molar-refractivity contribution in [3.8, 4) is 22.6 Å². The smallest absolute Gasteiger partial charge is 0.125 e. The molecule has 2 atom stereocenters. The van der Waals surface area contributed by atoms with Crippen molar-refractivity contribution in [1.29, 1.82) is 0 Å². The summed E-state index contributed by atoms with van der Waals surface area (Å²) in [5.41, 5.74) is 12.6. The molecule has 4 nitrogen and oxygen atoms in total. The van der Waals surface area contributed by atoms with E-state index in [4.69, 9.17) is 18.9 Å². The lowest BCUT2D eigenvalue weighted by molar-refractivity contribution is 0.259. The summed E-state index contributed by atoms with van der Waals surface area (Å²) in [6.07, 6.45) is 15.6. The van der Waals surface area contributed by atoms with Crippen LogP contribution in [-0.4, -0.2) is 62.1 Å². The summed E-state index contributed by atoms with van der Waals surface area (Å²) < 4.78 is 24.5. The third kappa shape index (κ3) is 8.00. The first-order valence-electron chi connectivity index (χ1n) is 21.2. The van der Waals surface area contributed by atoms with E-state index in [1.165, 1.54) is 93.5 Å².